The van der Waals surface area contributed by atoms with Crippen molar-refractivity contribution < 1.29 is 9.47 Å². The van der Waals surface area contributed by atoms with E-state index in [9.17, 15) is 0 Å². The number of ether oxygens (including phenoxy) is 2. The van der Waals surface area contributed by atoms with Crippen LogP contribution >= 0.6 is 0 Å². The van der Waals surface area contributed by atoms with E-state index in [0.717, 1.165) is 38.4 Å². The summed E-state index contributed by atoms with van der Waals surface area (Å²) < 4.78 is 11.1. The normalized spacial score (nSPS) is 15.0. The maximum atomic E-state index is 5.76. The first-order chi connectivity index (χ1) is 13.6. The lowest BCUT2D eigenvalue weighted by Crippen LogP contribution is -2.38. The molecule has 0 radical (unpaired) electrons. The third kappa shape index (κ3) is 6.14. The number of nitrogens with zero attached hydrogens (tertiary/aromatic N) is 6. The van der Waals surface area contributed by atoms with Gasteiger partial charge in [-0.3, -0.25) is 4.90 Å². The molecule has 1 aromatic carbocycles. The van der Waals surface area contributed by atoms with Crippen LogP contribution in [0.5, 0.6) is 6.01 Å². The van der Waals surface area contributed by atoms with Gasteiger partial charge in [0.1, 0.15) is 6.61 Å². The van der Waals surface area contributed by atoms with E-state index in [1.807, 2.05) is 45.3 Å². The van der Waals surface area contributed by atoms with E-state index in [0.29, 0.717) is 18.5 Å². The molecule has 0 atom stereocenters. The van der Waals surface area contributed by atoms with Crippen molar-refractivity contribution in [2.45, 2.75) is 6.92 Å². The Morgan fingerprint density at radius 2 is 2.07 bits per heavy atom. The molecule has 9 heteroatoms. The van der Waals surface area contributed by atoms with Crippen molar-refractivity contribution in [1.82, 2.24) is 19.9 Å². The van der Waals surface area contributed by atoms with Gasteiger partial charge < -0.3 is 14.4 Å². The highest BCUT2D eigenvalue weighted by Crippen LogP contribution is 2.13. The molecule has 1 aromatic heterocycles. The molecule has 1 fully saturated rings. The second-order valence-electron chi connectivity index (χ2n) is 6.72. The predicted molar refractivity (Wildman–Crippen MR) is 109 cm³/mol. The third-order valence-corrected chi connectivity index (χ3v) is 4.17. The fourth-order valence-electron chi connectivity index (χ4n) is 2.67. The van der Waals surface area contributed by atoms with Gasteiger partial charge in [-0.25, -0.2) is 5.43 Å². The molecule has 1 saturated heterocycles. The van der Waals surface area contributed by atoms with Gasteiger partial charge in [0.25, 0.3) is 5.95 Å². The Morgan fingerprint density at radius 1 is 1.25 bits per heavy atom. The summed E-state index contributed by atoms with van der Waals surface area (Å²) in [7, 11) is 3.74. The van der Waals surface area contributed by atoms with Gasteiger partial charge in [0.05, 0.1) is 19.4 Å². The fourth-order valence-corrected chi connectivity index (χ4v) is 2.67. The molecule has 0 aliphatic carbocycles. The van der Waals surface area contributed by atoms with Crippen LogP contribution in [-0.4, -0.2) is 79.6 Å². The first-order valence-electron chi connectivity index (χ1n) is 9.32. The molecule has 9 nitrogen and oxygen atoms in total. The Bertz CT molecular complexity index is 792. The minimum Gasteiger partial charge on any atom is -0.462 e. The van der Waals surface area contributed by atoms with E-state index in [4.69, 9.17) is 9.47 Å². The molecule has 1 N–H and O–H groups in total. The standard InChI is InChI=1S/C19H27N7O2/c1-15-5-4-6-16(13-15)14-20-24-17-21-18(25(2)3)23-19(22-17)28-12-9-26-7-10-27-11-8-26/h4-6,13-14H,7-12H2,1-3H3,(H,21,22,23,24)/b20-14+. The number of hydrogen-bond acceptors (Lipinski definition) is 9. The molecule has 0 spiro atoms. The minimum atomic E-state index is 0.278. The number of aryl methyl sites for hydroxylation is 1. The zero-order valence-electron chi connectivity index (χ0n) is 16.6. The Balaban J connectivity index is 1.61. The highest BCUT2D eigenvalue weighted by molar-refractivity contribution is 5.80. The van der Waals surface area contributed by atoms with Crippen molar-refractivity contribution in [2.24, 2.45) is 5.10 Å². The van der Waals surface area contributed by atoms with Gasteiger partial charge in [0.15, 0.2) is 0 Å². The Morgan fingerprint density at radius 3 is 2.82 bits per heavy atom. The van der Waals surface area contributed by atoms with Crippen LogP contribution in [0.4, 0.5) is 11.9 Å². The summed E-state index contributed by atoms with van der Waals surface area (Å²) in [5.74, 6) is 0.841. The first kappa shape index (κ1) is 20.0. The summed E-state index contributed by atoms with van der Waals surface area (Å²) in [6.45, 7) is 6.73. The molecule has 0 bridgehead atoms. The molecule has 0 saturated carbocycles. The van der Waals surface area contributed by atoms with Crippen molar-refractivity contribution in [3.05, 3.63) is 35.4 Å². The number of morpholine rings is 1. The molecule has 1 aliphatic heterocycles. The molecular weight excluding hydrogens is 358 g/mol. The van der Waals surface area contributed by atoms with Gasteiger partial charge in [-0.05, 0) is 12.5 Å². The van der Waals surface area contributed by atoms with E-state index in [2.05, 4.69) is 30.4 Å². The Hall–Kier alpha value is -2.78. The average Bonchev–Trinajstić information content (AvgIpc) is 2.69. The van der Waals surface area contributed by atoms with Crippen molar-refractivity contribution in [3.63, 3.8) is 0 Å². The number of hydrogen-bond donors (Lipinski definition) is 1. The lowest BCUT2D eigenvalue weighted by Gasteiger charge is -2.26. The molecular formula is C19H27N7O2. The Labute approximate surface area is 165 Å². The highest BCUT2D eigenvalue weighted by atomic mass is 16.5. The monoisotopic (exact) mass is 385 g/mol. The molecule has 0 unspecified atom stereocenters. The second-order valence-corrected chi connectivity index (χ2v) is 6.72. The number of aromatic nitrogens is 3. The van der Waals surface area contributed by atoms with Crippen LogP contribution in [0.25, 0.3) is 0 Å². The molecule has 2 aromatic rings. The SMILES string of the molecule is Cc1cccc(/C=N/Nc2nc(OCCN3CCOCC3)nc(N(C)C)n2)c1. The number of rotatable bonds is 8. The van der Waals surface area contributed by atoms with Crippen LogP contribution < -0.4 is 15.1 Å². The third-order valence-electron chi connectivity index (χ3n) is 4.17. The van der Waals surface area contributed by atoms with Crippen LogP contribution in [-0.2, 0) is 4.74 Å². The highest BCUT2D eigenvalue weighted by Gasteiger charge is 2.12. The second kappa shape index (κ2) is 9.95. The quantitative estimate of drug-likeness (QED) is 0.539. The molecule has 1 aliphatic rings. The van der Waals surface area contributed by atoms with Crippen molar-refractivity contribution in [2.75, 3.05) is 63.9 Å². The van der Waals surface area contributed by atoms with Gasteiger partial charge in [0, 0.05) is 33.7 Å². The summed E-state index contributed by atoms with van der Waals surface area (Å²) in [4.78, 5) is 17.1. The maximum absolute atomic E-state index is 5.76. The lowest BCUT2D eigenvalue weighted by molar-refractivity contribution is 0.0317. The first-order valence-corrected chi connectivity index (χ1v) is 9.32. The van der Waals surface area contributed by atoms with Crippen LogP contribution in [0.2, 0.25) is 0 Å². The Kier molecular flexibility index (Phi) is 7.10. The van der Waals surface area contributed by atoms with Crippen LogP contribution in [0.3, 0.4) is 0 Å². The molecule has 0 amide bonds. The summed E-state index contributed by atoms with van der Waals surface area (Å²) in [6, 6.07) is 8.34. The van der Waals surface area contributed by atoms with Gasteiger partial charge >= 0.3 is 6.01 Å². The number of benzene rings is 1. The maximum Gasteiger partial charge on any atom is 0.323 e. The summed E-state index contributed by atoms with van der Waals surface area (Å²) in [5.41, 5.74) is 5.03. The van der Waals surface area contributed by atoms with E-state index in [-0.39, 0.29) is 6.01 Å². The van der Waals surface area contributed by atoms with E-state index in [1.54, 1.807) is 11.1 Å². The summed E-state index contributed by atoms with van der Waals surface area (Å²) in [5, 5.41) is 4.22. The molecule has 2 heterocycles. The topological polar surface area (TPSA) is 88.0 Å². The van der Waals surface area contributed by atoms with Crippen LogP contribution in [0, 0.1) is 6.92 Å². The van der Waals surface area contributed by atoms with Crippen LogP contribution in [0.1, 0.15) is 11.1 Å². The average molecular weight is 385 g/mol. The number of hydrazone groups is 1. The van der Waals surface area contributed by atoms with Gasteiger partial charge in [-0.1, -0.05) is 29.8 Å². The summed E-state index contributed by atoms with van der Waals surface area (Å²) >= 11 is 0. The van der Waals surface area contributed by atoms with E-state index < -0.39 is 0 Å². The molecule has 3 rings (SSSR count). The molecule has 150 valence electrons. The fraction of sp³-hybridized carbons (Fsp3) is 0.474. The molecule has 28 heavy (non-hydrogen) atoms. The predicted octanol–water partition coefficient (Wildman–Crippen LogP) is 1.40. The zero-order chi connectivity index (χ0) is 19.8. The smallest absolute Gasteiger partial charge is 0.323 e. The van der Waals surface area contributed by atoms with E-state index in [1.165, 1.54) is 5.56 Å². The number of anilines is 2. The minimum absolute atomic E-state index is 0.278. The largest absolute Gasteiger partial charge is 0.462 e. The zero-order valence-corrected chi connectivity index (χ0v) is 16.6. The van der Waals surface area contributed by atoms with Crippen molar-refractivity contribution in [1.29, 1.82) is 0 Å². The van der Waals surface area contributed by atoms with Crippen LogP contribution in [0.15, 0.2) is 29.4 Å². The lowest BCUT2D eigenvalue weighted by atomic mass is 10.2. The van der Waals surface area contributed by atoms with Crippen molar-refractivity contribution in [3.8, 4) is 6.01 Å². The number of nitrogens with one attached hydrogen (secondary N) is 1. The van der Waals surface area contributed by atoms with E-state index >= 15 is 0 Å². The van der Waals surface area contributed by atoms with Gasteiger partial charge in [0.2, 0.25) is 5.95 Å². The summed E-state index contributed by atoms with van der Waals surface area (Å²) in [6.07, 6.45) is 1.73. The van der Waals surface area contributed by atoms with Crippen molar-refractivity contribution >= 4 is 18.1 Å². The van der Waals surface area contributed by atoms with Gasteiger partial charge in [-0.15, -0.1) is 0 Å². The van der Waals surface area contributed by atoms with Gasteiger partial charge in [-0.2, -0.15) is 20.1 Å².